The fourth-order valence-electron chi connectivity index (χ4n) is 3.47. The summed E-state index contributed by atoms with van der Waals surface area (Å²) in [6, 6.07) is 5.39. The number of hydrogen-bond donors (Lipinski definition) is 0. The molecule has 3 rings (SSSR count). The Kier molecular flexibility index (Phi) is 4.94. The summed E-state index contributed by atoms with van der Waals surface area (Å²) in [7, 11) is -1.40. The van der Waals surface area contributed by atoms with Crippen LogP contribution in [0.2, 0.25) is 0 Å². The van der Waals surface area contributed by atoms with Gasteiger partial charge in [0.05, 0.1) is 17.4 Å². The molecule has 25 heavy (non-hydrogen) atoms. The van der Waals surface area contributed by atoms with Gasteiger partial charge in [-0.2, -0.15) is 0 Å². The molecule has 2 atom stereocenters. The average molecular weight is 429 g/mol. The van der Waals surface area contributed by atoms with Crippen LogP contribution < -0.4 is 4.90 Å². The van der Waals surface area contributed by atoms with Crippen LogP contribution in [0.25, 0.3) is 0 Å². The van der Waals surface area contributed by atoms with Crippen molar-refractivity contribution in [3.05, 3.63) is 28.2 Å². The number of rotatable bonds is 3. The van der Waals surface area contributed by atoms with Crippen LogP contribution in [0.4, 0.5) is 5.69 Å². The Morgan fingerprint density at radius 1 is 1.36 bits per heavy atom. The highest BCUT2D eigenvalue weighted by molar-refractivity contribution is 9.10. The molecule has 2 amide bonds. The molecule has 2 fully saturated rings. The molecule has 2 aliphatic heterocycles. The molecule has 0 N–H and O–H groups in total. The Balaban J connectivity index is 1.71. The molecule has 1 aromatic rings. The zero-order valence-corrected chi connectivity index (χ0v) is 16.6. The van der Waals surface area contributed by atoms with Gasteiger partial charge in [-0.3, -0.25) is 9.59 Å². The van der Waals surface area contributed by atoms with Gasteiger partial charge in [-0.05, 0) is 37.1 Å². The molecule has 0 bridgehead atoms. The zero-order valence-electron chi connectivity index (χ0n) is 14.2. The number of carbonyl (C=O) groups excluding carboxylic acids is 2. The molecule has 0 spiro atoms. The molecule has 1 aromatic carbocycles. The third kappa shape index (κ3) is 3.74. The van der Waals surface area contributed by atoms with E-state index >= 15 is 0 Å². The minimum absolute atomic E-state index is 0.0194. The van der Waals surface area contributed by atoms with Crippen molar-refractivity contribution in [3.8, 4) is 0 Å². The maximum Gasteiger partial charge on any atom is 0.228 e. The number of hydrogen-bond acceptors (Lipinski definition) is 4. The van der Waals surface area contributed by atoms with E-state index in [1.807, 2.05) is 25.1 Å². The minimum atomic E-state index is -3.05. The van der Waals surface area contributed by atoms with Crippen LogP contribution in [-0.4, -0.2) is 56.3 Å². The normalized spacial score (nSPS) is 25.4. The monoisotopic (exact) mass is 428 g/mol. The van der Waals surface area contributed by atoms with Crippen LogP contribution in [0.5, 0.6) is 0 Å². The third-order valence-electron chi connectivity index (χ3n) is 5.03. The number of aryl methyl sites for hydroxylation is 1. The molecular weight excluding hydrogens is 408 g/mol. The Hall–Kier alpha value is -1.41. The number of anilines is 1. The maximum absolute atomic E-state index is 12.7. The molecule has 2 heterocycles. The highest BCUT2D eigenvalue weighted by Gasteiger charge is 2.40. The van der Waals surface area contributed by atoms with Crippen LogP contribution in [0.3, 0.4) is 0 Å². The highest BCUT2D eigenvalue weighted by atomic mass is 79.9. The maximum atomic E-state index is 12.7. The lowest BCUT2D eigenvalue weighted by atomic mass is 10.1. The van der Waals surface area contributed by atoms with Gasteiger partial charge >= 0.3 is 0 Å². The van der Waals surface area contributed by atoms with Gasteiger partial charge in [-0.15, -0.1) is 0 Å². The molecule has 0 radical (unpaired) electrons. The highest BCUT2D eigenvalue weighted by Crippen LogP contribution is 2.30. The summed E-state index contributed by atoms with van der Waals surface area (Å²) in [4.78, 5) is 28.3. The number of halogens is 1. The van der Waals surface area contributed by atoms with E-state index < -0.39 is 15.8 Å². The predicted molar refractivity (Wildman–Crippen MR) is 99.2 cm³/mol. The van der Waals surface area contributed by atoms with Crippen molar-refractivity contribution in [3.63, 3.8) is 0 Å². The van der Waals surface area contributed by atoms with E-state index in [2.05, 4.69) is 15.9 Å². The second kappa shape index (κ2) is 6.72. The van der Waals surface area contributed by atoms with Crippen molar-refractivity contribution in [2.75, 3.05) is 30.0 Å². The van der Waals surface area contributed by atoms with Crippen molar-refractivity contribution in [2.45, 2.75) is 25.8 Å². The summed E-state index contributed by atoms with van der Waals surface area (Å²) < 4.78 is 24.2. The third-order valence-corrected chi connectivity index (χ3v) is 7.67. The Morgan fingerprint density at radius 2 is 2.08 bits per heavy atom. The van der Waals surface area contributed by atoms with E-state index in [1.54, 1.807) is 11.9 Å². The summed E-state index contributed by atoms with van der Waals surface area (Å²) in [5, 5.41) is 0. The molecule has 6 nitrogen and oxygen atoms in total. The lowest BCUT2D eigenvalue weighted by molar-refractivity contribution is -0.136. The first kappa shape index (κ1) is 18.4. The molecule has 136 valence electrons. The molecule has 0 unspecified atom stereocenters. The largest absolute Gasteiger partial charge is 0.341 e. The molecule has 2 saturated heterocycles. The quantitative estimate of drug-likeness (QED) is 0.734. The first-order chi connectivity index (χ1) is 11.7. The molecule has 2 aliphatic rings. The van der Waals surface area contributed by atoms with Crippen LogP contribution >= 0.6 is 15.9 Å². The molecule has 0 aliphatic carbocycles. The number of nitrogens with zero attached hydrogens (tertiary/aromatic N) is 2. The standard InChI is InChI=1S/C17H21BrN2O4S/c1-11-7-13(3-4-15(11)18)20-9-12(8-16(20)21)17(22)19(2)14-5-6-25(23,24)10-14/h3-4,7,12,14H,5-6,8-10H2,1-2H3/t12-,14-/m0/s1. The van der Waals surface area contributed by atoms with Crippen LogP contribution in [0, 0.1) is 12.8 Å². The van der Waals surface area contributed by atoms with E-state index in [-0.39, 0.29) is 35.8 Å². The van der Waals surface area contributed by atoms with Gasteiger partial charge in [0, 0.05) is 36.2 Å². The number of sulfone groups is 1. The van der Waals surface area contributed by atoms with Crippen molar-refractivity contribution in [1.82, 2.24) is 4.90 Å². The fourth-order valence-corrected chi connectivity index (χ4v) is 5.49. The second-order valence-corrected chi connectivity index (χ2v) is 9.93. The van der Waals surface area contributed by atoms with Crippen molar-refractivity contribution in [2.24, 2.45) is 5.92 Å². The van der Waals surface area contributed by atoms with Gasteiger partial charge in [0.15, 0.2) is 9.84 Å². The predicted octanol–water partition coefficient (Wildman–Crippen LogP) is 1.76. The van der Waals surface area contributed by atoms with E-state index in [1.165, 1.54) is 4.90 Å². The van der Waals surface area contributed by atoms with E-state index in [4.69, 9.17) is 0 Å². The second-order valence-electron chi connectivity index (χ2n) is 6.84. The molecule has 0 saturated carbocycles. The van der Waals surface area contributed by atoms with Gasteiger partial charge in [0.2, 0.25) is 11.8 Å². The molecule has 8 heteroatoms. The van der Waals surface area contributed by atoms with Crippen LogP contribution in [-0.2, 0) is 19.4 Å². The lowest BCUT2D eigenvalue weighted by Crippen LogP contribution is -2.42. The Morgan fingerprint density at radius 3 is 2.68 bits per heavy atom. The zero-order chi connectivity index (χ0) is 18.4. The van der Waals surface area contributed by atoms with E-state index in [9.17, 15) is 18.0 Å². The smallest absolute Gasteiger partial charge is 0.228 e. The van der Waals surface area contributed by atoms with Crippen LogP contribution in [0.15, 0.2) is 22.7 Å². The number of carbonyl (C=O) groups is 2. The van der Waals surface area contributed by atoms with Gasteiger partial charge in [0.25, 0.3) is 0 Å². The van der Waals surface area contributed by atoms with Crippen LogP contribution in [0.1, 0.15) is 18.4 Å². The van der Waals surface area contributed by atoms with Crippen molar-refractivity contribution >= 4 is 43.3 Å². The first-order valence-corrected chi connectivity index (χ1v) is 10.8. The molecule has 0 aromatic heterocycles. The SMILES string of the molecule is Cc1cc(N2C[C@@H](C(=O)N(C)[C@H]3CCS(=O)(=O)C3)CC2=O)ccc1Br. The number of amides is 2. The summed E-state index contributed by atoms with van der Waals surface area (Å²) in [5.41, 5.74) is 1.81. The number of benzene rings is 1. The average Bonchev–Trinajstić information content (AvgIpc) is 3.11. The summed E-state index contributed by atoms with van der Waals surface area (Å²) in [6.07, 6.45) is 0.638. The van der Waals surface area contributed by atoms with E-state index in [0.29, 0.717) is 13.0 Å². The summed E-state index contributed by atoms with van der Waals surface area (Å²) in [5.74, 6) is -0.501. The van der Waals surface area contributed by atoms with Gasteiger partial charge in [-0.25, -0.2) is 8.42 Å². The topological polar surface area (TPSA) is 74.8 Å². The minimum Gasteiger partial charge on any atom is -0.341 e. The Bertz CT molecular complexity index is 824. The first-order valence-electron chi connectivity index (χ1n) is 8.21. The van der Waals surface area contributed by atoms with Gasteiger partial charge < -0.3 is 9.80 Å². The van der Waals surface area contributed by atoms with Crippen molar-refractivity contribution in [1.29, 1.82) is 0 Å². The Labute approximate surface area is 156 Å². The van der Waals surface area contributed by atoms with Gasteiger partial charge in [0.1, 0.15) is 0 Å². The molecular formula is C17H21BrN2O4S. The van der Waals surface area contributed by atoms with Crippen molar-refractivity contribution < 1.29 is 18.0 Å². The van der Waals surface area contributed by atoms with Gasteiger partial charge in [-0.1, -0.05) is 15.9 Å². The fraction of sp³-hybridized carbons (Fsp3) is 0.529. The summed E-state index contributed by atoms with van der Waals surface area (Å²) in [6.45, 7) is 2.29. The lowest BCUT2D eigenvalue weighted by Gasteiger charge is -2.26. The van der Waals surface area contributed by atoms with E-state index in [0.717, 1.165) is 15.7 Å². The summed E-state index contributed by atoms with van der Waals surface area (Å²) >= 11 is 3.44.